The van der Waals surface area contributed by atoms with Gasteiger partial charge >= 0.3 is 0 Å². The van der Waals surface area contributed by atoms with Crippen molar-refractivity contribution in [3.63, 3.8) is 0 Å². The van der Waals surface area contributed by atoms with Crippen LogP contribution in [0.3, 0.4) is 0 Å². The van der Waals surface area contributed by atoms with Crippen LogP contribution in [0.4, 0.5) is 0 Å². The van der Waals surface area contributed by atoms with E-state index in [0.717, 1.165) is 19.3 Å². The van der Waals surface area contributed by atoms with Crippen molar-refractivity contribution in [3.05, 3.63) is 22.4 Å². The minimum absolute atomic E-state index is 0.0168. The quantitative estimate of drug-likeness (QED) is 0.583. The zero-order chi connectivity index (χ0) is 15.2. The Morgan fingerprint density at radius 3 is 2.55 bits per heavy atom. The van der Waals surface area contributed by atoms with Crippen molar-refractivity contribution in [3.8, 4) is 0 Å². The predicted octanol–water partition coefficient (Wildman–Crippen LogP) is 2.56. The average Bonchev–Trinajstić information content (AvgIpc) is 2.41. The van der Waals surface area contributed by atoms with Gasteiger partial charge in [0, 0.05) is 19.3 Å². The van der Waals surface area contributed by atoms with Gasteiger partial charge in [0.15, 0.2) is 0 Å². The van der Waals surface area contributed by atoms with E-state index in [2.05, 4.69) is 4.98 Å². The zero-order valence-corrected chi connectivity index (χ0v) is 13.5. The van der Waals surface area contributed by atoms with Gasteiger partial charge in [-0.05, 0) is 12.5 Å². The fourth-order valence-corrected chi connectivity index (χ4v) is 3.47. The van der Waals surface area contributed by atoms with Crippen molar-refractivity contribution in [2.24, 2.45) is 0 Å². The maximum atomic E-state index is 12.5. The third-order valence-electron chi connectivity index (χ3n) is 2.77. The van der Waals surface area contributed by atoms with Crippen LogP contribution in [0.1, 0.15) is 26.2 Å². The Morgan fingerprint density at radius 2 is 2.00 bits per heavy atom. The fraction of sp³-hybridized carbons (Fsp3) is 0.583. The molecule has 20 heavy (non-hydrogen) atoms. The zero-order valence-electron chi connectivity index (χ0n) is 11.2. The Kier molecular flexibility index (Phi) is 7.19. The highest BCUT2D eigenvalue weighted by Gasteiger charge is 2.24. The smallest absolute Gasteiger partial charge is 0.244 e. The molecule has 0 aromatic carbocycles. The Hall–Kier alpha value is -0.400. The van der Waals surface area contributed by atoms with Crippen LogP contribution < -0.4 is 0 Å². The van der Waals surface area contributed by atoms with E-state index >= 15 is 0 Å². The third-order valence-corrected chi connectivity index (χ3v) is 5.32. The molecule has 0 saturated carbocycles. The number of aliphatic hydroxyl groups is 1. The molecule has 1 N–H and O–H groups in total. The summed E-state index contributed by atoms with van der Waals surface area (Å²) in [7, 11) is -3.72. The maximum Gasteiger partial charge on any atom is 0.244 e. The fourth-order valence-electron chi connectivity index (χ4n) is 1.70. The monoisotopic (exact) mass is 340 g/mol. The van der Waals surface area contributed by atoms with Crippen molar-refractivity contribution in [2.45, 2.75) is 31.1 Å². The topological polar surface area (TPSA) is 70.5 Å². The maximum absolute atomic E-state index is 12.5. The van der Waals surface area contributed by atoms with Gasteiger partial charge in [-0.3, -0.25) is 0 Å². The van der Waals surface area contributed by atoms with E-state index in [1.807, 2.05) is 6.92 Å². The summed E-state index contributed by atoms with van der Waals surface area (Å²) in [6.07, 6.45) is 3.83. The van der Waals surface area contributed by atoms with Crippen LogP contribution >= 0.6 is 23.2 Å². The molecule has 0 aliphatic heterocycles. The van der Waals surface area contributed by atoms with Crippen LogP contribution in [0.25, 0.3) is 0 Å². The second-order valence-electron chi connectivity index (χ2n) is 4.28. The number of pyridine rings is 1. The van der Waals surface area contributed by atoms with E-state index in [1.54, 1.807) is 0 Å². The number of aliphatic hydroxyl groups excluding tert-OH is 1. The minimum Gasteiger partial charge on any atom is -0.395 e. The van der Waals surface area contributed by atoms with Gasteiger partial charge in [0.05, 0.1) is 11.6 Å². The molecule has 0 amide bonds. The second-order valence-corrected chi connectivity index (χ2v) is 6.98. The van der Waals surface area contributed by atoms with E-state index < -0.39 is 10.0 Å². The first-order chi connectivity index (χ1) is 9.43. The lowest BCUT2D eigenvalue weighted by atomic mass is 10.2. The molecule has 0 bridgehead atoms. The first-order valence-corrected chi connectivity index (χ1v) is 8.55. The Balaban J connectivity index is 2.99. The van der Waals surface area contributed by atoms with Gasteiger partial charge in [-0.1, -0.05) is 43.0 Å². The van der Waals surface area contributed by atoms with Crippen LogP contribution in [-0.4, -0.2) is 42.5 Å². The molecular weight excluding hydrogens is 323 g/mol. The standard InChI is InChI=1S/C12H18Cl2N2O3S/c1-2-3-4-5-16(6-7-17)20(18,19)10-8-11(13)12(14)15-9-10/h8-9,17H,2-7H2,1H3. The summed E-state index contributed by atoms with van der Waals surface area (Å²) in [5.41, 5.74) is 0. The summed E-state index contributed by atoms with van der Waals surface area (Å²) >= 11 is 11.5. The van der Waals surface area contributed by atoms with Crippen LogP contribution in [0.5, 0.6) is 0 Å². The molecule has 0 saturated heterocycles. The normalized spacial score (nSPS) is 12.1. The third kappa shape index (κ3) is 4.56. The van der Waals surface area contributed by atoms with Crippen LogP contribution in [0.15, 0.2) is 17.2 Å². The molecule has 0 spiro atoms. The first-order valence-electron chi connectivity index (χ1n) is 6.35. The van der Waals surface area contributed by atoms with E-state index in [0.29, 0.717) is 6.54 Å². The number of unbranched alkanes of at least 4 members (excludes halogenated alkanes) is 2. The highest BCUT2D eigenvalue weighted by Crippen LogP contribution is 2.24. The van der Waals surface area contributed by atoms with Gasteiger partial charge in [0.25, 0.3) is 0 Å². The van der Waals surface area contributed by atoms with Crippen molar-refractivity contribution in [1.82, 2.24) is 9.29 Å². The molecular formula is C12H18Cl2N2O3S. The SMILES string of the molecule is CCCCCN(CCO)S(=O)(=O)c1cnc(Cl)c(Cl)c1. The van der Waals surface area contributed by atoms with Gasteiger partial charge in [0.1, 0.15) is 10.0 Å². The molecule has 1 aromatic heterocycles. The molecule has 1 aromatic rings. The average molecular weight is 341 g/mol. The highest BCUT2D eigenvalue weighted by atomic mass is 35.5. The summed E-state index contributed by atoms with van der Waals surface area (Å²) in [5, 5.41) is 9.18. The van der Waals surface area contributed by atoms with Crippen molar-refractivity contribution in [2.75, 3.05) is 19.7 Å². The molecule has 8 heteroatoms. The molecule has 0 unspecified atom stereocenters. The molecule has 0 atom stereocenters. The summed E-state index contributed by atoms with van der Waals surface area (Å²) < 4.78 is 26.1. The molecule has 5 nitrogen and oxygen atoms in total. The second kappa shape index (κ2) is 8.14. The van der Waals surface area contributed by atoms with Gasteiger partial charge in [0.2, 0.25) is 10.0 Å². The molecule has 0 radical (unpaired) electrons. The number of halogens is 2. The number of hydrogen-bond donors (Lipinski definition) is 1. The van der Waals surface area contributed by atoms with Gasteiger partial charge < -0.3 is 5.11 Å². The Bertz CT molecular complexity index is 538. The van der Waals surface area contributed by atoms with Gasteiger partial charge in [-0.25, -0.2) is 13.4 Å². The summed E-state index contributed by atoms with van der Waals surface area (Å²) in [6, 6.07) is 1.27. The van der Waals surface area contributed by atoms with E-state index in [1.165, 1.54) is 16.6 Å². The molecule has 114 valence electrons. The molecule has 1 rings (SSSR count). The molecule has 0 aliphatic carbocycles. The van der Waals surface area contributed by atoms with Crippen molar-refractivity contribution >= 4 is 33.2 Å². The first kappa shape index (κ1) is 17.7. The van der Waals surface area contributed by atoms with Crippen LogP contribution in [0.2, 0.25) is 10.2 Å². The summed E-state index contributed by atoms with van der Waals surface area (Å²) in [6.45, 7) is 2.21. The highest BCUT2D eigenvalue weighted by molar-refractivity contribution is 7.89. The number of hydrogen-bond acceptors (Lipinski definition) is 4. The van der Waals surface area contributed by atoms with E-state index in [4.69, 9.17) is 28.3 Å². The molecule has 0 aliphatic rings. The van der Waals surface area contributed by atoms with Crippen LogP contribution in [-0.2, 0) is 10.0 Å². The summed E-state index contributed by atoms with van der Waals surface area (Å²) in [4.78, 5) is 3.73. The van der Waals surface area contributed by atoms with Gasteiger partial charge in [-0.2, -0.15) is 4.31 Å². The molecule has 0 fully saturated rings. The number of rotatable bonds is 8. The number of sulfonamides is 1. The molecule has 1 heterocycles. The van der Waals surface area contributed by atoms with Gasteiger partial charge in [-0.15, -0.1) is 0 Å². The van der Waals surface area contributed by atoms with E-state index in [-0.39, 0.29) is 28.2 Å². The predicted molar refractivity (Wildman–Crippen MR) is 79.6 cm³/mol. The number of nitrogens with zero attached hydrogens (tertiary/aromatic N) is 2. The Labute approximate surface area is 129 Å². The summed E-state index contributed by atoms with van der Waals surface area (Å²) in [5.74, 6) is 0. The van der Waals surface area contributed by atoms with Crippen molar-refractivity contribution < 1.29 is 13.5 Å². The Morgan fingerprint density at radius 1 is 1.30 bits per heavy atom. The largest absolute Gasteiger partial charge is 0.395 e. The minimum atomic E-state index is -3.72. The lowest BCUT2D eigenvalue weighted by molar-refractivity contribution is 0.252. The van der Waals surface area contributed by atoms with Crippen molar-refractivity contribution in [1.29, 1.82) is 0 Å². The number of aromatic nitrogens is 1. The lowest BCUT2D eigenvalue weighted by Crippen LogP contribution is -2.34. The lowest BCUT2D eigenvalue weighted by Gasteiger charge is -2.21. The van der Waals surface area contributed by atoms with Crippen LogP contribution in [0, 0.1) is 0 Å². The van der Waals surface area contributed by atoms with E-state index in [9.17, 15) is 8.42 Å².